The van der Waals surface area contributed by atoms with Gasteiger partial charge >= 0.3 is 5.97 Å². The Morgan fingerprint density at radius 1 is 1.14 bits per heavy atom. The number of carboxylic acid groups (broad SMARTS) is 1. The Labute approximate surface area is 123 Å². The van der Waals surface area contributed by atoms with Crippen molar-refractivity contribution in [2.45, 2.75) is 18.9 Å². The zero-order valence-electron chi connectivity index (χ0n) is 11.6. The molecule has 0 aromatic heterocycles. The topological polar surface area (TPSA) is 86.6 Å². The highest BCUT2D eigenvalue weighted by atomic mass is 16.4. The van der Waals surface area contributed by atoms with Crippen LogP contribution in [-0.4, -0.2) is 28.6 Å². The standard InChI is InChI=1S/C16H19NO4/c18-14(11-6-2-1-3-7-11)10-17-15(19)12-8-4-5-9-13(12)16(20)21/h1-7,12-14,18H,8-10H2,(H,17,19)(H,20,21)/t12-,13+,14?/m1/s1. The second-order valence-corrected chi connectivity index (χ2v) is 5.17. The van der Waals surface area contributed by atoms with E-state index in [1.807, 2.05) is 24.3 Å². The summed E-state index contributed by atoms with van der Waals surface area (Å²) in [6.45, 7) is 0.0788. The smallest absolute Gasteiger partial charge is 0.307 e. The summed E-state index contributed by atoms with van der Waals surface area (Å²) in [6, 6.07) is 9.03. The minimum Gasteiger partial charge on any atom is -0.481 e. The van der Waals surface area contributed by atoms with Crippen molar-refractivity contribution in [2.75, 3.05) is 6.54 Å². The fourth-order valence-corrected chi connectivity index (χ4v) is 2.50. The minimum absolute atomic E-state index is 0.0788. The molecule has 0 heterocycles. The lowest BCUT2D eigenvalue weighted by Gasteiger charge is -2.24. The van der Waals surface area contributed by atoms with Gasteiger partial charge in [-0.3, -0.25) is 9.59 Å². The van der Waals surface area contributed by atoms with E-state index < -0.39 is 23.9 Å². The zero-order valence-corrected chi connectivity index (χ0v) is 11.6. The average molecular weight is 289 g/mol. The fraction of sp³-hybridized carbons (Fsp3) is 0.375. The molecule has 0 spiro atoms. The first kappa shape index (κ1) is 15.3. The number of amides is 1. The molecule has 21 heavy (non-hydrogen) atoms. The van der Waals surface area contributed by atoms with E-state index in [1.165, 1.54) is 0 Å². The van der Waals surface area contributed by atoms with Gasteiger partial charge in [0.15, 0.2) is 0 Å². The van der Waals surface area contributed by atoms with Gasteiger partial charge in [0.2, 0.25) is 5.91 Å². The van der Waals surface area contributed by atoms with Crippen molar-refractivity contribution >= 4 is 11.9 Å². The molecule has 2 rings (SSSR count). The van der Waals surface area contributed by atoms with Gasteiger partial charge in [0.05, 0.1) is 17.9 Å². The average Bonchev–Trinajstić information content (AvgIpc) is 2.53. The Hall–Kier alpha value is -2.14. The molecule has 0 saturated heterocycles. The van der Waals surface area contributed by atoms with Crippen LogP contribution in [0.15, 0.2) is 42.5 Å². The molecule has 1 aliphatic rings. The van der Waals surface area contributed by atoms with Gasteiger partial charge in [-0.05, 0) is 18.4 Å². The van der Waals surface area contributed by atoms with Gasteiger partial charge in [-0.1, -0.05) is 42.5 Å². The van der Waals surface area contributed by atoms with Crippen LogP contribution in [0.1, 0.15) is 24.5 Å². The Kier molecular flexibility index (Phi) is 5.11. The number of allylic oxidation sites excluding steroid dienone is 2. The highest BCUT2D eigenvalue weighted by Crippen LogP contribution is 2.26. The van der Waals surface area contributed by atoms with Crippen LogP contribution in [0.2, 0.25) is 0 Å². The molecule has 0 saturated carbocycles. The summed E-state index contributed by atoms with van der Waals surface area (Å²) < 4.78 is 0. The molecule has 112 valence electrons. The first-order valence-corrected chi connectivity index (χ1v) is 6.98. The molecule has 0 aliphatic heterocycles. The number of hydrogen-bond acceptors (Lipinski definition) is 3. The number of carboxylic acids is 1. The molecule has 1 amide bonds. The third kappa shape index (κ3) is 3.92. The van der Waals surface area contributed by atoms with Crippen LogP contribution in [0.25, 0.3) is 0 Å². The quantitative estimate of drug-likeness (QED) is 0.717. The highest BCUT2D eigenvalue weighted by molar-refractivity contribution is 5.85. The van der Waals surface area contributed by atoms with E-state index in [9.17, 15) is 14.7 Å². The molecule has 1 aromatic rings. The summed E-state index contributed by atoms with van der Waals surface area (Å²) in [6.07, 6.45) is 3.62. The Morgan fingerprint density at radius 2 is 1.76 bits per heavy atom. The van der Waals surface area contributed by atoms with Gasteiger partial charge in [-0.2, -0.15) is 0 Å². The predicted octanol–water partition coefficient (Wildman–Crippen LogP) is 1.50. The van der Waals surface area contributed by atoms with Crippen LogP contribution in [0.5, 0.6) is 0 Å². The van der Waals surface area contributed by atoms with Gasteiger partial charge < -0.3 is 15.5 Å². The lowest BCUT2D eigenvalue weighted by atomic mass is 9.82. The van der Waals surface area contributed by atoms with Crippen LogP contribution < -0.4 is 5.32 Å². The maximum Gasteiger partial charge on any atom is 0.307 e. The van der Waals surface area contributed by atoms with Crippen molar-refractivity contribution in [3.63, 3.8) is 0 Å². The molecule has 5 nitrogen and oxygen atoms in total. The second-order valence-electron chi connectivity index (χ2n) is 5.17. The highest BCUT2D eigenvalue weighted by Gasteiger charge is 2.33. The first-order chi connectivity index (χ1) is 10.1. The number of aliphatic hydroxyl groups excluding tert-OH is 1. The lowest BCUT2D eigenvalue weighted by molar-refractivity contribution is -0.147. The number of aliphatic carboxylic acids is 1. The maximum absolute atomic E-state index is 12.1. The number of carbonyl (C=O) groups excluding carboxylic acids is 1. The number of hydrogen-bond donors (Lipinski definition) is 3. The van der Waals surface area contributed by atoms with E-state index in [0.29, 0.717) is 12.8 Å². The largest absolute Gasteiger partial charge is 0.481 e. The van der Waals surface area contributed by atoms with Crippen molar-refractivity contribution in [1.82, 2.24) is 5.32 Å². The molecule has 1 unspecified atom stereocenters. The molecule has 5 heteroatoms. The molecular weight excluding hydrogens is 270 g/mol. The van der Waals surface area contributed by atoms with E-state index in [0.717, 1.165) is 5.56 Å². The molecule has 0 fully saturated rings. The van der Waals surface area contributed by atoms with Crippen LogP contribution >= 0.6 is 0 Å². The molecular formula is C16H19NO4. The van der Waals surface area contributed by atoms with Gasteiger partial charge in [-0.15, -0.1) is 0 Å². The van der Waals surface area contributed by atoms with Crippen LogP contribution in [0.4, 0.5) is 0 Å². The van der Waals surface area contributed by atoms with E-state index >= 15 is 0 Å². The summed E-state index contributed by atoms with van der Waals surface area (Å²) >= 11 is 0. The van der Waals surface area contributed by atoms with Crippen LogP contribution in [-0.2, 0) is 9.59 Å². The molecule has 1 aromatic carbocycles. The van der Waals surface area contributed by atoms with E-state index in [-0.39, 0.29) is 12.5 Å². The second kappa shape index (κ2) is 7.04. The van der Waals surface area contributed by atoms with Gasteiger partial charge in [0.25, 0.3) is 0 Å². The summed E-state index contributed by atoms with van der Waals surface area (Å²) in [7, 11) is 0. The zero-order chi connectivity index (χ0) is 15.2. The van der Waals surface area contributed by atoms with Crippen molar-refractivity contribution < 1.29 is 19.8 Å². The number of nitrogens with one attached hydrogen (secondary N) is 1. The van der Waals surface area contributed by atoms with Crippen molar-refractivity contribution in [3.05, 3.63) is 48.0 Å². The summed E-state index contributed by atoms with van der Waals surface area (Å²) in [4.78, 5) is 23.3. The van der Waals surface area contributed by atoms with E-state index in [1.54, 1.807) is 18.2 Å². The molecule has 0 bridgehead atoms. The van der Waals surface area contributed by atoms with Crippen LogP contribution in [0.3, 0.4) is 0 Å². The van der Waals surface area contributed by atoms with E-state index in [2.05, 4.69) is 5.32 Å². The Morgan fingerprint density at radius 3 is 2.38 bits per heavy atom. The van der Waals surface area contributed by atoms with Crippen molar-refractivity contribution in [1.29, 1.82) is 0 Å². The predicted molar refractivity (Wildman–Crippen MR) is 77.4 cm³/mol. The number of benzene rings is 1. The van der Waals surface area contributed by atoms with Crippen molar-refractivity contribution in [3.8, 4) is 0 Å². The fourth-order valence-electron chi connectivity index (χ4n) is 2.50. The first-order valence-electron chi connectivity index (χ1n) is 6.98. The van der Waals surface area contributed by atoms with E-state index in [4.69, 9.17) is 5.11 Å². The Balaban J connectivity index is 1.92. The molecule has 1 aliphatic carbocycles. The SMILES string of the molecule is O=C(O)[C@H]1CC=CC[C@H]1C(=O)NCC(O)c1ccccc1. The maximum atomic E-state index is 12.1. The summed E-state index contributed by atoms with van der Waals surface area (Å²) in [5, 5.41) is 21.8. The molecule has 3 atom stereocenters. The Bertz CT molecular complexity index is 526. The van der Waals surface area contributed by atoms with Crippen molar-refractivity contribution in [2.24, 2.45) is 11.8 Å². The third-order valence-electron chi connectivity index (χ3n) is 3.74. The molecule has 0 radical (unpaired) electrons. The number of rotatable bonds is 5. The lowest BCUT2D eigenvalue weighted by Crippen LogP contribution is -2.40. The third-order valence-corrected chi connectivity index (χ3v) is 3.74. The number of carbonyl (C=O) groups is 2. The van der Waals surface area contributed by atoms with Gasteiger partial charge in [0, 0.05) is 6.54 Å². The monoisotopic (exact) mass is 289 g/mol. The van der Waals surface area contributed by atoms with Gasteiger partial charge in [0.1, 0.15) is 0 Å². The summed E-state index contributed by atoms with van der Waals surface area (Å²) in [5.74, 6) is -2.54. The number of aliphatic hydroxyl groups is 1. The minimum atomic E-state index is -0.955. The normalized spacial score (nSPS) is 22.5. The van der Waals surface area contributed by atoms with Crippen LogP contribution in [0, 0.1) is 11.8 Å². The van der Waals surface area contributed by atoms with Gasteiger partial charge in [-0.25, -0.2) is 0 Å². The molecule has 3 N–H and O–H groups in total. The summed E-state index contributed by atoms with van der Waals surface area (Å²) in [5.41, 5.74) is 0.719.